The van der Waals surface area contributed by atoms with Gasteiger partial charge in [-0.05, 0) is 25.0 Å². The molecule has 1 N–H and O–H groups in total. The Hall–Kier alpha value is -1.77. The van der Waals surface area contributed by atoms with Crippen LogP contribution in [0.2, 0.25) is 0 Å². The minimum atomic E-state index is 0.776. The maximum absolute atomic E-state index is 4.97. The van der Waals surface area contributed by atoms with Crippen molar-refractivity contribution >= 4 is 5.82 Å². The minimum absolute atomic E-state index is 0.776. The standard InChI is InChI=1S/C12H14N2O/c1-9-5-3-4-6-11(9)8-13-12-7-10(2)15-14-12/h3-7H,8H2,1-2H3,(H,13,14). The van der Waals surface area contributed by atoms with Gasteiger partial charge in [0.05, 0.1) is 0 Å². The molecule has 3 nitrogen and oxygen atoms in total. The van der Waals surface area contributed by atoms with Gasteiger partial charge in [-0.1, -0.05) is 29.4 Å². The lowest BCUT2D eigenvalue weighted by Gasteiger charge is -2.05. The van der Waals surface area contributed by atoms with E-state index in [-0.39, 0.29) is 0 Å². The van der Waals surface area contributed by atoms with E-state index in [1.165, 1.54) is 11.1 Å². The Morgan fingerprint density at radius 3 is 2.73 bits per heavy atom. The summed E-state index contributed by atoms with van der Waals surface area (Å²) < 4.78 is 4.97. The van der Waals surface area contributed by atoms with Crippen LogP contribution in [-0.2, 0) is 6.54 Å². The second-order valence-electron chi connectivity index (χ2n) is 3.60. The maximum atomic E-state index is 4.97. The number of hydrogen-bond acceptors (Lipinski definition) is 3. The van der Waals surface area contributed by atoms with E-state index >= 15 is 0 Å². The number of nitrogens with one attached hydrogen (secondary N) is 1. The van der Waals surface area contributed by atoms with E-state index in [1.54, 1.807) is 0 Å². The molecule has 1 aromatic heterocycles. The van der Waals surface area contributed by atoms with Crippen molar-refractivity contribution < 1.29 is 4.52 Å². The second kappa shape index (κ2) is 4.17. The minimum Gasteiger partial charge on any atom is -0.363 e. The van der Waals surface area contributed by atoms with E-state index in [9.17, 15) is 0 Å². The summed E-state index contributed by atoms with van der Waals surface area (Å²) in [5.41, 5.74) is 2.56. The van der Waals surface area contributed by atoms with Crippen LogP contribution >= 0.6 is 0 Å². The van der Waals surface area contributed by atoms with Crippen LogP contribution in [0.1, 0.15) is 16.9 Å². The number of rotatable bonds is 3. The molecule has 0 aliphatic carbocycles. The van der Waals surface area contributed by atoms with Crippen molar-refractivity contribution in [3.8, 4) is 0 Å². The van der Waals surface area contributed by atoms with Gasteiger partial charge in [0.2, 0.25) is 0 Å². The highest BCUT2D eigenvalue weighted by atomic mass is 16.5. The lowest BCUT2D eigenvalue weighted by Crippen LogP contribution is -2.00. The highest BCUT2D eigenvalue weighted by Gasteiger charge is 2.00. The first-order chi connectivity index (χ1) is 7.25. The summed E-state index contributed by atoms with van der Waals surface area (Å²) in [4.78, 5) is 0. The largest absolute Gasteiger partial charge is 0.363 e. The molecule has 2 aromatic rings. The van der Waals surface area contributed by atoms with Crippen LogP contribution in [0.5, 0.6) is 0 Å². The van der Waals surface area contributed by atoms with Crippen LogP contribution in [-0.4, -0.2) is 5.16 Å². The molecular weight excluding hydrogens is 188 g/mol. The number of aryl methyl sites for hydroxylation is 2. The average Bonchev–Trinajstić information content (AvgIpc) is 2.63. The Bertz CT molecular complexity index is 448. The zero-order valence-electron chi connectivity index (χ0n) is 8.95. The van der Waals surface area contributed by atoms with E-state index in [1.807, 2.05) is 25.1 Å². The van der Waals surface area contributed by atoms with Gasteiger partial charge in [0.1, 0.15) is 5.76 Å². The van der Waals surface area contributed by atoms with Gasteiger partial charge in [-0.3, -0.25) is 0 Å². The van der Waals surface area contributed by atoms with E-state index in [0.29, 0.717) is 0 Å². The molecule has 0 radical (unpaired) electrons. The molecule has 78 valence electrons. The van der Waals surface area contributed by atoms with Crippen molar-refractivity contribution in [3.63, 3.8) is 0 Å². The molecule has 0 aliphatic heterocycles. The summed E-state index contributed by atoms with van der Waals surface area (Å²) in [5.74, 6) is 1.61. The first kappa shape index (κ1) is 9.77. The van der Waals surface area contributed by atoms with Gasteiger partial charge in [0, 0.05) is 12.6 Å². The molecule has 1 aromatic carbocycles. The zero-order valence-corrected chi connectivity index (χ0v) is 8.95. The molecule has 0 saturated carbocycles. The fraction of sp³-hybridized carbons (Fsp3) is 0.250. The zero-order chi connectivity index (χ0) is 10.7. The van der Waals surface area contributed by atoms with Gasteiger partial charge in [-0.15, -0.1) is 0 Å². The summed E-state index contributed by atoms with van der Waals surface area (Å²) in [5, 5.41) is 7.09. The number of nitrogens with zero attached hydrogens (tertiary/aromatic N) is 1. The van der Waals surface area contributed by atoms with Crippen LogP contribution in [0, 0.1) is 13.8 Å². The third-order valence-electron chi connectivity index (χ3n) is 2.35. The quantitative estimate of drug-likeness (QED) is 0.831. The lowest BCUT2D eigenvalue weighted by atomic mass is 10.1. The Kier molecular flexibility index (Phi) is 2.72. The van der Waals surface area contributed by atoms with Crippen molar-refractivity contribution in [2.45, 2.75) is 20.4 Å². The number of anilines is 1. The molecule has 0 spiro atoms. The molecule has 0 amide bonds. The van der Waals surface area contributed by atoms with E-state index in [4.69, 9.17) is 4.52 Å². The molecule has 0 fully saturated rings. The predicted molar refractivity (Wildman–Crippen MR) is 59.7 cm³/mol. The van der Waals surface area contributed by atoms with E-state index in [2.05, 4.69) is 29.5 Å². The molecule has 0 bridgehead atoms. The van der Waals surface area contributed by atoms with Gasteiger partial charge in [-0.2, -0.15) is 0 Å². The number of hydrogen-bond donors (Lipinski definition) is 1. The van der Waals surface area contributed by atoms with Gasteiger partial charge in [-0.25, -0.2) is 0 Å². The van der Waals surface area contributed by atoms with Crippen molar-refractivity contribution in [2.24, 2.45) is 0 Å². The smallest absolute Gasteiger partial charge is 0.169 e. The topological polar surface area (TPSA) is 38.1 Å². The van der Waals surface area contributed by atoms with Crippen LogP contribution < -0.4 is 5.32 Å². The SMILES string of the molecule is Cc1cc(NCc2ccccc2C)no1. The molecule has 1 heterocycles. The summed E-state index contributed by atoms with van der Waals surface area (Å²) in [7, 11) is 0. The highest BCUT2D eigenvalue weighted by Crippen LogP contribution is 2.11. The monoisotopic (exact) mass is 202 g/mol. The highest BCUT2D eigenvalue weighted by molar-refractivity contribution is 5.36. The van der Waals surface area contributed by atoms with Crippen molar-refractivity contribution in [2.75, 3.05) is 5.32 Å². The Labute approximate surface area is 89.1 Å². The number of aromatic nitrogens is 1. The molecule has 0 saturated heterocycles. The predicted octanol–water partition coefficient (Wildman–Crippen LogP) is 2.90. The van der Waals surface area contributed by atoms with Gasteiger partial charge >= 0.3 is 0 Å². The van der Waals surface area contributed by atoms with Gasteiger partial charge in [0.25, 0.3) is 0 Å². The molecule has 15 heavy (non-hydrogen) atoms. The molecule has 0 unspecified atom stereocenters. The summed E-state index contributed by atoms with van der Waals surface area (Å²) in [6.07, 6.45) is 0. The van der Waals surface area contributed by atoms with Gasteiger partial charge < -0.3 is 9.84 Å². The third-order valence-corrected chi connectivity index (χ3v) is 2.35. The fourth-order valence-corrected chi connectivity index (χ4v) is 1.44. The van der Waals surface area contributed by atoms with Crippen molar-refractivity contribution in [1.29, 1.82) is 0 Å². The fourth-order valence-electron chi connectivity index (χ4n) is 1.44. The van der Waals surface area contributed by atoms with Crippen LogP contribution in [0.25, 0.3) is 0 Å². The third kappa shape index (κ3) is 2.37. The van der Waals surface area contributed by atoms with Crippen LogP contribution in [0.15, 0.2) is 34.9 Å². The maximum Gasteiger partial charge on any atom is 0.169 e. The first-order valence-corrected chi connectivity index (χ1v) is 4.97. The van der Waals surface area contributed by atoms with E-state index in [0.717, 1.165) is 18.1 Å². The van der Waals surface area contributed by atoms with E-state index < -0.39 is 0 Å². The number of benzene rings is 1. The Morgan fingerprint density at radius 2 is 2.07 bits per heavy atom. The molecule has 0 atom stereocenters. The van der Waals surface area contributed by atoms with Gasteiger partial charge in [0.15, 0.2) is 5.82 Å². The summed E-state index contributed by atoms with van der Waals surface area (Å²) in [6.45, 7) is 4.76. The van der Waals surface area contributed by atoms with Crippen LogP contribution in [0.3, 0.4) is 0 Å². The average molecular weight is 202 g/mol. The lowest BCUT2D eigenvalue weighted by molar-refractivity contribution is 0.399. The molecule has 2 rings (SSSR count). The second-order valence-corrected chi connectivity index (χ2v) is 3.60. The Balaban J connectivity index is 2.02. The van der Waals surface area contributed by atoms with Crippen LogP contribution in [0.4, 0.5) is 5.82 Å². The Morgan fingerprint density at radius 1 is 1.27 bits per heavy atom. The normalized spacial score (nSPS) is 10.3. The van der Waals surface area contributed by atoms with Crippen molar-refractivity contribution in [3.05, 3.63) is 47.2 Å². The molecule has 3 heteroatoms. The molecular formula is C12H14N2O. The van der Waals surface area contributed by atoms with Crippen molar-refractivity contribution in [1.82, 2.24) is 5.16 Å². The molecule has 0 aliphatic rings. The summed E-state index contributed by atoms with van der Waals surface area (Å²) >= 11 is 0. The summed E-state index contributed by atoms with van der Waals surface area (Å²) in [6, 6.07) is 10.2. The first-order valence-electron chi connectivity index (χ1n) is 4.97.